The fourth-order valence-corrected chi connectivity index (χ4v) is 4.88. The van der Waals surface area contributed by atoms with E-state index < -0.39 is 64.5 Å². The zero-order valence-electron chi connectivity index (χ0n) is 23.9. The number of fused-ring (bicyclic) bond motifs is 1. The molecule has 0 spiro atoms. The lowest BCUT2D eigenvalue weighted by atomic mass is 10.0. The van der Waals surface area contributed by atoms with Crippen molar-refractivity contribution < 1.29 is 45.8 Å². The summed E-state index contributed by atoms with van der Waals surface area (Å²) in [5.74, 6) is -11.0. The Morgan fingerprint density at radius 2 is 1.78 bits per heavy atom. The van der Waals surface area contributed by atoms with Crippen molar-refractivity contribution in [3.05, 3.63) is 71.1 Å². The molecule has 0 aliphatic carbocycles. The third kappa shape index (κ3) is 6.43. The standard InChI is InChI=1S/C29H24F5N7O5/c1-45-29(44)38-20(42)6-7-21(43)40-10-2-3-14(13-40)41-28-22(27(35)36-8-9-37-28)25(39-41)16-5-4-15(11-17(16)30)46-26-23(33)18(31)12-19(32)24(26)34/h4-7,9,11-12,14H,2-3,8,10,13H2,1H3,(H2,35,36)(H,38,42,44)/b7-6-. The van der Waals surface area contributed by atoms with Crippen LogP contribution in [0.5, 0.6) is 11.5 Å². The number of amidine groups is 1. The molecule has 1 atom stereocenters. The third-order valence-electron chi connectivity index (χ3n) is 7.03. The van der Waals surface area contributed by atoms with Crippen molar-refractivity contribution in [3.8, 4) is 22.8 Å². The molecule has 2 aliphatic heterocycles. The molecule has 240 valence electrons. The summed E-state index contributed by atoms with van der Waals surface area (Å²) in [4.78, 5) is 45.9. The molecule has 46 heavy (non-hydrogen) atoms. The number of halogens is 5. The number of carbonyl (C=O) groups is 3. The topological polar surface area (TPSA) is 154 Å². The van der Waals surface area contributed by atoms with Crippen LogP contribution < -0.4 is 15.8 Å². The van der Waals surface area contributed by atoms with Crippen LogP contribution >= 0.6 is 0 Å². The van der Waals surface area contributed by atoms with Gasteiger partial charge in [0.15, 0.2) is 17.5 Å². The Labute approximate surface area is 257 Å². The second-order valence-corrected chi connectivity index (χ2v) is 9.96. The molecule has 0 saturated carbocycles. The van der Waals surface area contributed by atoms with E-state index >= 15 is 4.39 Å². The maximum absolute atomic E-state index is 15.6. The van der Waals surface area contributed by atoms with Gasteiger partial charge in [-0.3, -0.25) is 19.9 Å². The second kappa shape index (κ2) is 13.2. The highest BCUT2D eigenvalue weighted by Gasteiger charge is 2.32. The van der Waals surface area contributed by atoms with E-state index in [1.54, 1.807) is 0 Å². The summed E-state index contributed by atoms with van der Waals surface area (Å²) < 4.78 is 81.9. The number of nitrogens with one attached hydrogen (secondary N) is 1. The number of piperidine rings is 1. The van der Waals surface area contributed by atoms with Crippen molar-refractivity contribution in [1.29, 1.82) is 0 Å². The summed E-state index contributed by atoms with van der Waals surface area (Å²) in [5.41, 5.74) is 6.30. The Kier molecular flexibility index (Phi) is 9.11. The van der Waals surface area contributed by atoms with Crippen LogP contribution in [0.1, 0.15) is 24.4 Å². The Hall–Kier alpha value is -5.61. The molecule has 1 aromatic heterocycles. The quantitative estimate of drug-likeness (QED) is 0.233. The summed E-state index contributed by atoms with van der Waals surface area (Å²) in [6, 6.07) is 2.58. The number of nitrogens with zero attached hydrogens (tertiary/aromatic N) is 5. The van der Waals surface area contributed by atoms with Crippen molar-refractivity contribution in [3.63, 3.8) is 0 Å². The van der Waals surface area contributed by atoms with Crippen LogP contribution in [0, 0.1) is 29.1 Å². The summed E-state index contributed by atoms with van der Waals surface area (Å²) in [7, 11) is 1.08. The number of benzene rings is 2. The van der Waals surface area contributed by atoms with Crippen LogP contribution in [0.15, 0.2) is 46.4 Å². The highest BCUT2D eigenvalue weighted by Crippen LogP contribution is 2.38. The molecule has 2 aromatic carbocycles. The zero-order chi connectivity index (χ0) is 33.1. The molecular weight excluding hydrogens is 621 g/mol. The van der Waals surface area contributed by atoms with Gasteiger partial charge in [-0.1, -0.05) is 0 Å². The Morgan fingerprint density at radius 3 is 2.48 bits per heavy atom. The van der Waals surface area contributed by atoms with Gasteiger partial charge in [-0.15, -0.1) is 0 Å². The number of likely N-dealkylation sites (tertiary alicyclic amines) is 1. The van der Waals surface area contributed by atoms with Gasteiger partial charge in [0.05, 0.1) is 25.3 Å². The van der Waals surface area contributed by atoms with Gasteiger partial charge in [-0.05, 0) is 25.0 Å². The van der Waals surface area contributed by atoms with E-state index in [9.17, 15) is 31.9 Å². The van der Waals surface area contributed by atoms with E-state index in [1.165, 1.54) is 21.9 Å². The van der Waals surface area contributed by atoms with Crippen LogP contribution in [0.25, 0.3) is 11.3 Å². The van der Waals surface area contributed by atoms with Gasteiger partial charge in [0.25, 0.3) is 5.91 Å². The van der Waals surface area contributed by atoms with Crippen LogP contribution in [0.3, 0.4) is 0 Å². The maximum Gasteiger partial charge on any atom is 0.413 e. The fraction of sp³-hybridized carbons (Fsp3) is 0.241. The molecule has 12 nitrogen and oxygen atoms in total. The van der Waals surface area contributed by atoms with Crippen LogP contribution in [0.2, 0.25) is 0 Å². The molecule has 1 saturated heterocycles. The van der Waals surface area contributed by atoms with Crippen molar-refractivity contribution in [2.75, 3.05) is 26.7 Å². The number of hydrogen-bond donors (Lipinski definition) is 2. The van der Waals surface area contributed by atoms with E-state index in [2.05, 4.69) is 19.8 Å². The highest BCUT2D eigenvalue weighted by atomic mass is 19.2. The fourth-order valence-electron chi connectivity index (χ4n) is 4.88. The molecule has 17 heteroatoms. The molecule has 5 rings (SSSR count). The third-order valence-corrected chi connectivity index (χ3v) is 7.03. The minimum atomic E-state index is -1.80. The average molecular weight is 646 g/mol. The van der Waals surface area contributed by atoms with Gasteiger partial charge in [0.2, 0.25) is 23.3 Å². The highest BCUT2D eigenvalue weighted by molar-refractivity contribution is 6.08. The lowest BCUT2D eigenvalue weighted by molar-refractivity contribution is -0.128. The summed E-state index contributed by atoms with van der Waals surface area (Å²) in [6.45, 7) is 0.594. The van der Waals surface area contributed by atoms with Crippen LogP contribution in [-0.4, -0.2) is 71.4 Å². The first kappa shape index (κ1) is 31.8. The van der Waals surface area contributed by atoms with E-state index in [0.717, 1.165) is 31.4 Å². The Bertz CT molecular complexity index is 1800. The zero-order valence-corrected chi connectivity index (χ0v) is 23.9. The number of amides is 3. The Balaban J connectivity index is 1.45. The first-order chi connectivity index (χ1) is 22.0. The van der Waals surface area contributed by atoms with Crippen molar-refractivity contribution >= 4 is 35.8 Å². The number of carbonyl (C=O) groups excluding carboxylic acids is 3. The molecule has 3 amide bonds. The molecule has 2 aliphatic rings. The molecule has 3 aromatic rings. The van der Waals surface area contributed by atoms with Gasteiger partial charge < -0.3 is 20.1 Å². The predicted octanol–water partition coefficient (Wildman–Crippen LogP) is 4.06. The van der Waals surface area contributed by atoms with Crippen LogP contribution in [0.4, 0.5) is 32.6 Å². The van der Waals surface area contributed by atoms with Gasteiger partial charge >= 0.3 is 6.09 Å². The van der Waals surface area contributed by atoms with E-state index in [-0.39, 0.29) is 47.6 Å². The van der Waals surface area contributed by atoms with Crippen molar-refractivity contribution in [2.45, 2.75) is 18.9 Å². The number of ether oxygens (including phenoxy) is 2. The number of rotatable bonds is 6. The minimum absolute atomic E-state index is 0.00357. The van der Waals surface area contributed by atoms with Gasteiger partial charge in [0.1, 0.15) is 23.1 Å². The molecule has 0 bridgehead atoms. The monoisotopic (exact) mass is 645 g/mol. The number of aromatic nitrogens is 2. The molecule has 1 fully saturated rings. The smallest absolute Gasteiger partial charge is 0.413 e. The number of alkyl carbamates (subject to hydrolysis) is 1. The average Bonchev–Trinajstić information content (AvgIpc) is 3.31. The summed E-state index contributed by atoms with van der Waals surface area (Å²) >= 11 is 0. The Morgan fingerprint density at radius 1 is 1.04 bits per heavy atom. The SMILES string of the molecule is COC(=O)NC(=O)/C=C\C(=O)N1CCCC(n2nc(-c3ccc(Oc4c(F)c(F)cc(F)c4F)cc3F)c3c2N=CCN=C3N)C1. The number of nitrogens with two attached hydrogens (primary N) is 1. The van der Waals surface area contributed by atoms with Crippen LogP contribution in [-0.2, 0) is 14.3 Å². The number of imide groups is 1. The van der Waals surface area contributed by atoms with Gasteiger partial charge in [0, 0.05) is 49.2 Å². The number of methoxy groups -OCH3 is 1. The lowest BCUT2D eigenvalue weighted by Gasteiger charge is -2.32. The first-order valence-corrected chi connectivity index (χ1v) is 13.6. The van der Waals surface area contributed by atoms with Crippen molar-refractivity contribution in [2.24, 2.45) is 15.7 Å². The predicted molar refractivity (Wildman–Crippen MR) is 152 cm³/mol. The molecular formula is C29H24F5N7O5. The van der Waals surface area contributed by atoms with E-state index in [0.29, 0.717) is 19.4 Å². The van der Waals surface area contributed by atoms with Gasteiger partial charge in [-0.25, -0.2) is 27.6 Å². The molecule has 3 N–H and O–H groups in total. The largest absolute Gasteiger partial charge is 0.453 e. The number of aliphatic imine (C=N–C) groups is 2. The van der Waals surface area contributed by atoms with E-state index in [1.807, 2.05) is 5.32 Å². The molecule has 0 radical (unpaired) electrons. The molecule has 1 unspecified atom stereocenters. The molecule has 3 heterocycles. The minimum Gasteiger partial charge on any atom is -0.453 e. The maximum atomic E-state index is 15.6. The summed E-state index contributed by atoms with van der Waals surface area (Å²) in [5, 5.41) is 6.49. The number of hydrogen-bond acceptors (Lipinski definition) is 9. The van der Waals surface area contributed by atoms with E-state index in [4.69, 9.17) is 10.5 Å². The first-order valence-electron chi connectivity index (χ1n) is 13.6. The van der Waals surface area contributed by atoms with Crippen molar-refractivity contribution in [1.82, 2.24) is 20.0 Å². The normalized spacial score (nSPS) is 16.1. The second-order valence-electron chi connectivity index (χ2n) is 9.96. The van der Waals surface area contributed by atoms with Gasteiger partial charge in [-0.2, -0.15) is 13.9 Å². The summed E-state index contributed by atoms with van der Waals surface area (Å²) in [6.07, 6.45) is 3.46. The lowest BCUT2D eigenvalue weighted by Crippen LogP contribution is -2.40.